The molecule has 0 heterocycles. The Morgan fingerprint density at radius 2 is 2.00 bits per heavy atom. The van der Waals surface area contributed by atoms with Crippen molar-refractivity contribution in [1.82, 2.24) is 0 Å². The summed E-state index contributed by atoms with van der Waals surface area (Å²) in [6.07, 6.45) is 1.01. The average molecular weight is 355 g/mol. The number of esters is 1. The standard InChI is InChI=1S/C16H20O4Se/c1-3-20-16(18)15-13(17)9-11(2)10-14(15)21(19)12-7-5-4-6-8-12/h4-8,11,14-15H,3,9-10H2,1-2H3. The fourth-order valence-corrected chi connectivity index (χ4v) is 6.50. The molecular weight excluding hydrogens is 335 g/mol. The van der Waals surface area contributed by atoms with Gasteiger partial charge in [-0.25, -0.2) is 0 Å². The van der Waals surface area contributed by atoms with Crippen molar-refractivity contribution in [3.05, 3.63) is 30.3 Å². The molecule has 2 rings (SSSR count). The van der Waals surface area contributed by atoms with Crippen molar-refractivity contribution < 1.29 is 18.2 Å². The van der Waals surface area contributed by atoms with Gasteiger partial charge in [0.25, 0.3) is 0 Å². The van der Waals surface area contributed by atoms with Gasteiger partial charge in [-0.05, 0) is 0 Å². The molecule has 0 spiro atoms. The predicted octanol–water partition coefficient (Wildman–Crippen LogP) is 1.86. The van der Waals surface area contributed by atoms with Gasteiger partial charge in [-0.2, -0.15) is 0 Å². The minimum absolute atomic E-state index is 0.127. The third-order valence-electron chi connectivity index (χ3n) is 3.69. The van der Waals surface area contributed by atoms with E-state index in [2.05, 4.69) is 0 Å². The van der Waals surface area contributed by atoms with Crippen molar-refractivity contribution in [2.24, 2.45) is 11.8 Å². The maximum atomic E-state index is 12.9. The number of carbonyl (C=O) groups excluding carboxylic acids is 2. The topological polar surface area (TPSA) is 60.4 Å². The summed E-state index contributed by atoms with van der Waals surface area (Å²) in [4.78, 5) is 23.9. The number of benzene rings is 1. The van der Waals surface area contributed by atoms with Gasteiger partial charge in [0.15, 0.2) is 0 Å². The Balaban J connectivity index is 2.29. The molecule has 0 bridgehead atoms. The van der Waals surface area contributed by atoms with Crippen LogP contribution in [0.3, 0.4) is 0 Å². The number of ether oxygens (including phenoxy) is 1. The van der Waals surface area contributed by atoms with Crippen LogP contribution in [0.4, 0.5) is 0 Å². The quantitative estimate of drug-likeness (QED) is 0.470. The molecule has 4 unspecified atom stereocenters. The first-order valence-corrected chi connectivity index (χ1v) is 9.74. The van der Waals surface area contributed by atoms with Crippen LogP contribution in [0, 0.1) is 11.8 Å². The fourth-order valence-electron chi connectivity index (χ4n) is 2.75. The van der Waals surface area contributed by atoms with E-state index in [0.717, 1.165) is 4.46 Å². The molecule has 21 heavy (non-hydrogen) atoms. The van der Waals surface area contributed by atoms with E-state index in [4.69, 9.17) is 4.74 Å². The van der Waals surface area contributed by atoms with Crippen LogP contribution in [0.15, 0.2) is 30.3 Å². The van der Waals surface area contributed by atoms with E-state index in [1.54, 1.807) is 6.92 Å². The van der Waals surface area contributed by atoms with Crippen LogP contribution in [0.25, 0.3) is 0 Å². The van der Waals surface area contributed by atoms with E-state index in [-0.39, 0.29) is 18.3 Å². The molecular formula is C16H20O4Se. The number of rotatable bonds is 4. The van der Waals surface area contributed by atoms with Crippen LogP contribution in [0.1, 0.15) is 26.7 Å². The number of ketones is 1. The van der Waals surface area contributed by atoms with E-state index in [9.17, 15) is 13.4 Å². The summed E-state index contributed by atoms with van der Waals surface area (Å²) in [5.41, 5.74) is 0. The molecule has 1 aliphatic carbocycles. The summed E-state index contributed by atoms with van der Waals surface area (Å²) < 4.78 is 18.6. The minimum atomic E-state index is -2.47. The van der Waals surface area contributed by atoms with E-state index in [1.807, 2.05) is 37.3 Å². The van der Waals surface area contributed by atoms with Gasteiger partial charge in [-0.1, -0.05) is 0 Å². The van der Waals surface area contributed by atoms with E-state index >= 15 is 0 Å². The van der Waals surface area contributed by atoms with Crippen molar-refractivity contribution in [1.29, 1.82) is 0 Å². The van der Waals surface area contributed by atoms with Crippen molar-refractivity contribution in [2.75, 3.05) is 6.61 Å². The van der Waals surface area contributed by atoms with Gasteiger partial charge >= 0.3 is 128 Å². The fraction of sp³-hybridized carbons (Fsp3) is 0.500. The van der Waals surface area contributed by atoms with Crippen molar-refractivity contribution >= 4 is 30.0 Å². The molecule has 0 aromatic heterocycles. The molecule has 1 aromatic carbocycles. The Bertz CT molecular complexity index is 532. The first-order chi connectivity index (χ1) is 10.0. The molecule has 5 heteroatoms. The Kier molecular flexibility index (Phi) is 5.43. The zero-order valence-corrected chi connectivity index (χ0v) is 14.0. The maximum absolute atomic E-state index is 12.9. The monoisotopic (exact) mass is 356 g/mol. The van der Waals surface area contributed by atoms with E-state index in [0.29, 0.717) is 12.8 Å². The van der Waals surface area contributed by atoms with Crippen LogP contribution in [0.2, 0.25) is 4.82 Å². The van der Waals surface area contributed by atoms with Gasteiger partial charge in [-0.15, -0.1) is 0 Å². The molecule has 4 atom stereocenters. The first-order valence-electron chi connectivity index (χ1n) is 7.19. The molecule has 0 aliphatic heterocycles. The van der Waals surface area contributed by atoms with Gasteiger partial charge in [0, 0.05) is 0 Å². The van der Waals surface area contributed by atoms with E-state index < -0.39 is 30.5 Å². The summed E-state index contributed by atoms with van der Waals surface area (Å²) in [6, 6.07) is 9.14. The number of hydrogen-bond acceptors (Lipinski definition) is 4. The molecule has 1 fully saturated rings. The number of carbonyl (C=O) groups is 2. The Hall–Kier alpha value is -1.32. The zero-order valence-electron chi connectivity index (χ0n) is 12.3. The number of Topliss-reactive ketones (excluding diaryl/α,β-unsaturated/α-hetero) is 1. The first kappa shape index (κ1) is 16.1. The summed E-state index contributed by atoms with van der Waals surface area (Å²) in [7, 11) is 0. The predicted molar refractivity (Wildman–Crippen MR) is 79.8 cm³/mol. The van der Waals surface area contributed by atoms with Crippen molar-refractivity contribution in [2.45, 2.75) is 31.5 Å². The molecule has 1 aromatic rings. The molecule has 1 saturated carbocycles. The molecule has 0 radical (unpaired) electrons. The van der Waals surface area contributed by atoms with Gasteiger partial charge < -0.3 is 0 Å². The average Bonchev–Trinajstić information content (AvgIpc) is 2.46. The second kappa shape index (κ2) is 7.10. The summed E-state index contributed by atoms with van der Waals surface area (Å²) in [5, 5.41) is 0. The van der Waals surface area contributed by atoms with E-state index in [1.165, 1.54) is 0 Å². The van der Waals surface area contributed by atoms with Crippen molar-refractivity contribution in [3.63, 3.8) is 0 Å². The molecule has 0 N–H and O–H groups in total. The second-order valence-electron chi connectivity index (χ2n) is 5.39. The Labute approximate surface area is 129 Å². The zero-order chi connectivity index (χ0) is 15.4. The third-order valence-corrected chi connectivity index (χ3v) is 7.37. The van der Waals surface area contributed by atoms with Crippen LogP contribution in [-0.4, -0.2) is 32.2 Å². The Morgan fingerprint density at radius 1 is 1.33 bits per heavy atom. The van der Waals surface area contributed by atoms with Crippen molar-refractivity contribution in [3.8, 4) is 0 Å². The van der Waals surface area contributed by atoms with Gasteiger partial charge in [0.05, 0.1) is 0 Å². The Morgan fingerprint density at radius 3 is 2.62 bits per heavy atom. The van der Waals surface area contributed by atoms with Gasteiger partial charge in [0.2, 0.25) is 0 Å². The molecule has 0 saturated heterocycles. The summed E-state index contributed by atoms with van der Waals surface area (Å²) in [5.74, 6) is -1.33. The molecule has 4 nitrogen and oxygen atoms in total. The second-order valence-corrected chi connectivity index (χ2v) is 8.90. The van der Waals surface area contributed by atoms with Crippen LogP contribution < -0.4 is 4.46 Å². The van der Waals surface area contributed by atoms with Crippen LogP contribution in [-0.2, 0) is 18.2 Å². The normalized spacial score (nSPS) is 27.1. The molecule has 114 valence electrons. The van der Waals surface area contributed by atoms with Gasteiger partial charge in [-0.3, -0.25) is 0 Å². The SMILES string of the molecule is CCOC(=O)C1C(=O)CC(C)CC1[Se](=O)c1ccccc1. The van der Waals surface area contributed by atoms with Crippen LogP contribution >= 0.6 is 0 Å². The molecule has 0 amide bonds. The van der Waals surface area contributed by atoms with Crippen LogP contribution in [0.5, 0.6) is 0 Å². The third kappa shape index (κ3) is 3.66. The van der Waals surface area contributed by atoms with Gasteiger partial charge in [0.1, 0.15) is 0 Å². The molecule has 1 aliphatic rings. The number of hydrogen-bond donors (Lipinski definition) is 0. The summed E-state index contributed by atoms with van der Waals surface area (Å²) >= 11 is -2.47. The summed E-state index contributed by atoms with van der Waals surface area (Å²) in [6.45, 7) is 3.92.